The molecule has 3 aromatic rings. The number of rotatable bonds is 6. The van der Waals surface area contributed by atoms with Crippen molar-refractivity contribution in [2.24, 2.45) is 0 Å². The second-order valence-corrected chi connectivity index (χ2v) is 7.32. The SMILES string of the molecule is CN(C)CCNC(=O)c1ccc(-c2cc(C(F)(F)F)nn2-c2ccccc2Cl)cc1. The number of benzene rings is 2. The Morgan fingerprint density at radius 1 is 1.13 bits per heavy atom. The summed E-state index contributed by atoms with van der Waals surface area (Å²) in [6.07, 6.45) is -4.60. The number of hydrogen-bond acceptors (Lipinski definition) is 3. The molecule has 1 N–H and O–H groups in total. The molecule has 0 aliphatic carbocycles. The molecule has 0 fully saturated rings. The highest BCUT2D eigenvalue weighted by atomic mass is 35.5. The summed E-state index contributed by atoms with van der Waals surface area (Å²) in [5.74, 6) is -0.251. The van der Waals surface area contributed by atoms with Crippen molar-refractivity contribution in [1.29, 1.82) is 0 Å². The van der Waals surface area contributed by atoms with Crippen molar-refractivity contribution in [2.75, 3.05) is 27.2 Å². The molecule has 0 atom stereocenters. The molecule has 1 aromatic heterocycles. The Morgan fingerprint density at radius 3 is 2.40 bits per heavy atom. The molecule has 30 heavy (non-hydrogen) atoms. The summed E-state index contributed by atoms with van der Waals surface area (Å²) < 4.78 is 41.0. The Hall–Kier alpha value is -2.84. The van der Waals surface area contributed by atoms with Crippen molar-refractivity contribution in [3.63, 3.8) is 0 Å². The molecule has 5 nitrogen and oxygen atoms in total. The number of carbonyl (C=O) groups is 1. The van der Waals surface area contributed by atoms with Crippen LogP contribution in [0, 0.1) is 0 Å². The standard InChI is InChI=1S/C21H20ClF3N4O/c1-28(2)12-11-26-20(30)15-9-7-14(8-10-15)18-13-19(21(23,24)25)27-29(18)17-6-4-3-5-16(17)22/h3-10,13H,11-12H2,1-2H3,(H,26,30). The molecule has 2 aromatic carbocycles. The van der Waals surface area contributed by atoms with E-state index < -0.39 is 11.9 Å². The lowest BCUT2D eigenvalue weighted by Crippen LogP contribution is -2.31. The number of halogens is 4. The highest BCUT2D eigenvalue weighted by Crippen LogP contribution is 2.34. The summed E-state index contributed by atoms with van der Waals surface area (Å²) in [4.78, 5) is 14.2. The molecule has 0 saturated carbocycles. The first kappa shape index (κ1) is 21.9. The van der Waals surface area contributed by atoms with Gasteiger partial charge >= 0.3 is 6.18 Å². The zero-order valence-corrected chi connectivity index (χ0v) is 17.1. The van der Waals surface area contributed by atoms with Gasteiger partial charge in [0.1, 0.15) is 0 Å². The number of para-hydroxylation sites is 1. The Kier molecular flexibility index (Phi) is 6.48. The summed E-state index contributed by atoms with van der Waals surface area (Å²) >= 11 is 6.18. The number of carbonyl (C=O) groups excluding carboxylic acids is 1. The Bertz CT molecular complexity index is 1030. The van der Waals surface area contributed by atoms with E-state index in [1.54, 1.807) is 48.5 Å². The molecule has 0 unspecified atom stereocenters. The smallest absolute Gasteiger partial charge is 0.351 e. The number of nitrogens with zero attached hydrogens (tertiary/aromatic N) is 3. The predicted octanol–water partition coefficient (Wildman–Crippen LogP) is 4.50. The van der Waals surface area contributed by atoms with E-state index in [2.05, 4.69) is 10.4 Å². The molecule has 0 saturated heterocycles. The van der Waals surface area contributed by atoms with Gasteiger partial charge in [-0.15, -0.1) is 0 Å². The van der Waals surface area contributed by atoms with Crippen molar-refractivity contribution in [3.05, 3.63) is 70.9 Å². The van der Waals surface area contributed by atoms with Crippen LogP contribution in [-0.4, -0.2) is 47.8 Å². The predicted molar refractivity (Wildman–Crippen MR) is 110 cm³/mol. The van der Waals surface area contributed by atoms with Gasteiger partial charge in [0.2, 0.25) is 0 Å². The van der Waals surface area contributed by atoms with E-state index in [4.69, 9.17) is 11.6 Å². The lowest BCUT2D eigenvalue weighted by molar-refractivity contribution is -0.141. The largest absolute Gasteiger partial charge is 0.435 e. The highest BCUT2D eigenvalue weighted by Gasteiger charge is 2.35. The first-order valence-electron chi connectivity index (χ1n) is 9.12. The maximum atomic E-state index is 13.3. The van der Waals surface area contributed by atoms with Gasteiger partial charge in [0.05, 0.1) is 16.4 Å². The molecular weight excluding hydrogens is 417 g/mol. The average Bonchev–Trinajstić information content (AvgIpc) is 3.14. The maximum absolute atomic E-state index is 13.3. The quantitative estimate of drug-likeness (QED) is 0.619. The van der Waals surface area contributed by atoms with Gasteiger partial charge in [-0.05, 0) is 44.4 Å². The number of aromatic nitrogens is 2. The molecule has 0 aliphatic heterocycles. The minimum atomic E-state index is -4.60. The molecule has 9 heteroatoms. The molecule has 1 heterocycles. The number of nitrogens with one attached hydrogen (secondary N) is 1. The molecular formula is C21H20ClF3N4O. The minimum absolute atomic E-state index is 0.218. The Balaban J connectivity index is 1.94. The zero-order valence-electron chi connectivity index (χ0n) is 16.4. The van der Waals surface area contributed by atoms with Gasteiger partial charge in [-0.25, -0.2) is 4.68 Å². The van der Waals surface area contributed by atoms with Gasteiger partial charge in [0, 0.05) is 24.2 Å². The van der Waals surface area contributed by atoms with Gasteiger partial charge < -0.3 is 10.2 Å². The van der Waals surface area contributed by atoms with Gasteiger partial charge in [0.15, 0.2) is 5.69 Å². The third kappa shape index (κ3) is 5.01. The van der Waals surface area contributed by atoms with E-state index in [1.165, 1.54) is 0 Å². The molecule has 1 amide bonds. The number of amides is 1. The van der Waals surface area contributed by atoms with E-state index in [0.29, 0.717) is 29.9 Å². The fourth-order valence-corrected chi connectivity index (χ4v) is 3.04. The van der Waals surface area contributed by atoms with Gasteiger partial charge in [0.25, 0.3) is 5.91 Å². The van der Waals surface area contributed by atoms with Crippen molar-refractivity contribution < 1.29 is 18.0 Å². The lowest BCUT2D eigenvalue weighted by Gasteiger charge is -2.11. The third-order valence-electron chi connectivity index (χ3n) is 4.37. The molecule has 158 valence electrons. The summed E-state index contributed by atoms with van der Waals surface area (Å²) in [6.45, 7) is 1.18. The van der Waals surface area contributed by atoms with Crippen LogP contribution in [0.25, 0.3) is 16.9 Å². The van der Waals surface area contributed by atoms with E-state index in [1.807, 2.05) is 19.0 Å². The third-order valence-corrected chi connectivity index (χ3v) is 4.69. The molecule has 3 rings (SSSR count). The van der Waals surface area contributed by atoms with E-state index in [-0.39, 0.29) is 16.6 Å². The highest BCUT2D eigenvalue weighted by molar-refractivity contribution is 6.32. The molecule has 0 bridgehead atoms. The van der Waals surface area contributed by atoms with Crippen LogP contribution >= 0.6 is 11.6 Å². The number of alkyl halides is 3. The average molecular weight is 437 g/mol. The zero-order chi connectivity index (χ0) is 21.9. The number of hydrogen-bond donors (Lipinski definition) is 1. The first-order chi connectivity index (χ1) is 14.2. The van der Waals surface area contributed by atoms with Crippen LogP contribution in [0.1, 0.15) is 16.1 Å². The summed E-state index contributed by atoms with van der Waals surface area (Å²) in [5.41, 5.74) is 0.410. The minimum Gasteiger partial charge on any atom is -0.351 e. The van der Waals surface area contributed by atoms with E-state index >= 15 is 0 Å². The van der Waals surface area contributed by atoms with Gasteiger partial charge in [-0.1, -0.05) is 35.9 Å². The van der Waals surface area contributed by atoms with Crippen LogP contribution in [0.15, 0.2) is 54.6 Å². The Morgan fingerprint density at radius 2 is 1.80 bits per heavy atom. The van der Waals surface area contributed by atoms with Crippen LogP contribution in [-0.2, 0) is 6.18 Å². The topological polar surface area (TPSA) is 50.2 Å². The number of likely N-dealkylation sites (N-methyl/N-ethyl adjacent to an activating group) is 1. The second kappa shape index (κ2) is 8.89. The van der Waals surface area contributed by atoms with Crippen LogP contribution in [0.3, 0.4) is 0 Å². The van der Waals surface area contributed by atoms with Crippen molar-refractivity contribution in [1.82, 2.24) is 20.0 Å². The second-order valence-electron chi connectivity index (χ2n) is 6.91. The van der Waals surface area contributed by atoms with E-state index in [9.17, 15) is 18.0 Å². The van der Waals surface area contributed by atoms with Crippen LogP contribution in [0.4, 0.5) is 13.2 Å². The van der Waals surface area contributed by atoms with E-state index in [0.717, 1.165) is 10.7 Å². The summed E-state index contributed by atoms with van der Waals surface area (Å²) in [5, 5.41) is 6.79. The van der Waals surface area contributed by atoms with Crippen LogP contribution in [0.2, 0.25) is 5.02 Å². The Labute approximate surface area is 177 Å². The normalized spacial score (nSPS) is 11.7. The van der Waals surface area contributed by atoms with Crippen molar-refractivity contribution in [3.8, 4) is 16.9 Å². The maximum Gasteiger partial charge on any atom is 0.435 e. The monoisotopic (exact) mass is 436 g/mol. The van der Waals surface area contributed by atoms with Gasteiger partial charge in [-0.2, -0.15) is 18.3 Å². The molecule has 0 radical (unpaired) electrons. The lowest BCUT2D eigenvalue weighted by atomic mass is 10.1. The fourth-order valence-electron chi connectivity index (χ4n) is 2.82. The molecule has 0 aliphatic rings. The first-order valence-corrected chi connectivity index (χ1v) is 9.50. The van der Waals surface area contributed by atoms with Crippen LogP contribution < -0.4 is 5.32 Å². The summed E-state index contributed by atoms with van der Waals surface area (Å²) in [6, 6.07) is 13.8. The fraction of sp³-hybridized carbons (Fsp3) is 0.238. The molecule has 0 spiro atoms. The van der Waals surface area contributed by atoms with Gasteiger partial charge in [-0.3, -0.25) is 4.79 Å². The van der Waals surface area contributed by atoms with Crippen LogP contribution in [0.5, 0.6) is 0 Å². The van der Waals surface area contributed by atoms with Crippen molar-refractivity contribution >= 4 is 17.5 Å². The van der Waals surface area contributed by atoms with Crippen molar-refractivity contribution in [2.45, 2.75) is 6.18 Å². The summed E-state index contributed by atoms with van der Waals surface area (Å²) in [7, 11) is 3.80.